The van der Waals surface area contributed by atoms with Crippen LogP contribution >= 0.6 is 0 Å². The van der Waals surface area contributed by atoms with E-state index in [-0.39, 0.29) is 0 Å². The van der Waals surface area contributed by atoms with E-state index in [4.69, 9.17) is 15.2 Å². The number of ether oxygens (including phenoxy) is 2. The predicted octanol–water partition coefficient (Wildman–Crippen LogP) is 1.39. The maximum Gasteiger partial charge on any atom is 0.134 e. The van der Waals surface area contributed by atoms with Crippen LogP contribution in [0.4, 0.5) is 11.6 Å². The van der Waals surface area contributed by atoms with Crippen LogP contribution in [0.3, 0.4) is 0 Å². The molecule has 0 radical (unpaired) electrons. The molecule has 6 heteroatoms. The summed E-state index contributed by atoms with van der Waals surface area (Å²) in [6.45, 7) is 6.71. The third-order valence-corrected chi connectivity index (χ3v) is 2.74. The monoisotopic (exact) mass is 268 g/mol. The molecule has 3 N–H and O–H groups in total. The molecule has 0 saturated carbocycles. The lowest BCUT2D eigenvalue weighted by atomic mass is 10.3. The second-order valence-electron chi connectivity index (χ2n) is 4.24. The summed E-state index contributed by atoms with van der Waals surface area (Å²) >= 11 is 0. The van der Waals surface area contributed by atoms with Gasteiger partial charge in [0.1, 0.15) is 17.5 Å². The van der Waals surface area contributed by atoms with E-state index in [1.165, 1.54) is 0 Å². The van der Waals surface area contributed by atoms with E-state index in [1.54, 1.807) is 7.11 Å². The van der Waals surface area contributed by atoms with Crippen LogP contribution in [-0.4, -0.2) is 43.4 Å². The Morgan fingerprint density at radius 3 is 2.68 bits per heavy atom. The number of aromatic nitrogens is 2. The molecule has 1 aromatic rings. The van der Waals surface area contributed by atoms with Crippen LogP contribution in [-0.2, 0) is 15.9 Å². The van der Waals surface area contributed by atoms with E-state index in [2.05, 4.69) is 15.3 Å². The number of methoxy groups -OCH3 is 1. The Kier molecular flexibility index (Phi) is 7.14. The molecule has 0 aromatic carbocycles. The molecule has 19 heavy (non-hydrogen) atoms. The largest absolute Gasteiger partial charge is 0.383 e. The van der Waals surface area contributed by atoms with Crippen molar-refractivity contribution in [3.63, 3.8) is 0 Å². The fourth-order valence-electron chi connectivity index (χ4n) is 1.54. The number of nitrogens with two attached hydrogens (primary N) is 1. The molecule has 108 valence electrons. The molecule has 0 unspecified atom stereocenters. The van der Waals surface area contributed by atoms with Crippen molar-refractivity contribution in [2.45, 2.75) is 26.7 Å². The Hall–Kier alpha value is -1.40. The van der Waals surface area contributed by atoms with Gasteiger partial charge in [0.15, 0.2) is 0 Å². The zero-order valence-electron chi connectivity index (χ0n) is 12.0. The number of nitrogens with one attached hydrogen (secondary N) is 1. The van der Waals surface area contributed by atoms with Crippen LogP contribution in [0.2, 0.25) is 0 Å². The third-order valence-electron chi connectivity index (χ3n) is 2.74. The van der Waals surface area contributed by atoms with Gasteiger partial charge in [0, 0.05) is 32.2 Å². The number of aryl methyl sites for hydroxylation is 1. The van der Waals surface area contributed by atoms with Crippen molar-refractivity contribution in [1.29, 1.82) is 0 Å². The first kappa shape index (κ1) is 15.7. The molecule has 0 aliphatic carbocycles. The Morgan fingerprint density at radius 1 is 1.21 bits per heavy atom. The van der Waals surface area contributed by atoms with Crippen molar-refractivity contribution in [2.75, 3.05) is 44.5 Å². The highest BCUT2D eigenvalue weighted by Crippen LogP contribution is 2.17. The van der Waals surface area contributed by atoms with Gasteiger partial charge in [-0.3, -0.25) is 0 Å². The summed E-state index contributed by atoms with van der Waals surface area (Å²) in [4.78, 5) is 8.65. The second kappa shape index (κ2) is 8.66. The minimum Gasteiger partial charge on any atom is -0.383 e. The summed E-state index contributed by atoms with van der Waals surface area (Å²) in [5, 5.41) is 3.28. The maximum absolute atomic E-state index is 5.85. The number of nitrogen functional groups attached to an aromatic ring is 1. The summed E-state index contributed by atoms with van der Waals surface area (Å²) in [6.07, 6.45) is 1.69. The molecule has 0 bridgehead atoms. The van der Waals surface area contributed by atoms with E-state index >= 15 is 0 Å². The summed E-state index contributed by atoms with van der Waals surface area (Å²) in [6, 6.07) is 0. The first-order chi connectivity index (χ1) is 9.19. The number of nitrogens with zero attached hydrogens (tertiary/aromatic N) is 2. The van der Waals surface area contributed by atoms with Crippen molar-refractivity contribution in [2.24, 2.45) is 0 Å². The van der Waals surface area contributed by atoms with Crippen LogP contribution < -0.4 is 11.1 Å². The maximum atomic E-state index is 5.85. The molecule has 1 aromatic heterocycles. The van der Waals surface area contributed by atoms with Gasteiger partial charge in [-0.05, 0) is 13.3 Å². The van der Waals surface area contributed by atoms with Crippen molar-refractivity contribution >= 4 is 11.6 Å². The zero-order valence-corrected chi connectivity index (χ0v) is 12.0. The summed E-state index contributed by atoms with van der Waals surface area (Å²) in [7, 11) is 1.67. The average Bonchev–Trinajstić information content (AvgIpc) is 2.42. The molecule has 0 atom stereocenters. The number of anilines is 2. The first-order valence-corrected chi connectivity index (χ1v) is 6.62. The molecule has 0 aliphatic rings. The highest BCUT2D eigenvalue weighted by atomic mass is 16.5. The van der Waals surface area contributed by atoms with Crippen LogP contribution in [0, 0.1) is 6.92 Å². The van der Waals surface area contributed by atoms with Gasteiger partial charge >= 0.3 is 0 Å². The molecule has 0 aliphatic heterocycles. The van der Waals surface area contributed by atoms with E-state index in [0.29, 0.717) is 25.6 Å². The van der Waals surface area contributed by atoms with Crippen LogP contribution in [0.15, 0.2) is 0 Å². The standard InChI is InChI=1S/C13H24N4O2/c1-4-11-16-12(14)10(2)13(17-11)15-6-5-7-19-9-8-18-3/h4-9H2,1-3H3,(H3,14,15,16,17). The SMILES string of the molecule is CCc1nc(N)c(C)c(NCCCOCCOC)n1. The first-order valence-electron chi connectivity index (χ1n) is 6.62. The van der Waals surface area contributed by atoms with Gasteiger partial charge in [0.2, 0.25) is 0 Å². The van der Waals surface area contributed by atoms with Gasteiger partial charge in [-0.15, -0.1) is 0 Å². The summed E-state index contributed by atoms with van der Waals surface area (Å²) < 4.78 is 10.3. The number of hydrogen-bond acceptors (Lipinski definition) is 6. The van der Waals surface area contributed by atoms with E-state index < -0.39 is 0 Å². The third kappa shape index (κ3) is 5.40. The van der Waals surface area contributed by atoms with Gasteiger partial charge in [-0.1, -0.05) is 6.92 Å². The summed E-state index contributed by atoms with van der Waals surface area (Å²) in [5.41, 5.74) is 6.75. The molecular formula is C13H24N4O2. The normalized spacial score (nSPS) is 10.7. The predicted molar refractivity (Wildman–Crippen MR) is 76.4 cm³/mol. The Labute approximate surface area is 114 Å². The van der Waals surface area contributed by atoms with Crippen LogP contribution in [0.1, 0.15) is 24.7 Å². The highest BCUT2D eigenvalue weighted by molar-refractivity contribution is 5.54. The number of rotatable bonds is 9. The van der Waals surface area contributed by atoms with Gasteiger partial charge < -0.3 is 20.5 Å². The van der Waals surface area contributed by atoms with Gasteiger partial charge in [-0.2, -0.15) is 0 Å². The highest BCUT2D eigenvalue weighted by Gasteiger charge is 2.06. The lowest BCUT2D eigenvalue weighted by Gasteiger charge is -2.11. The number of hydrogen-bond donors (Lipinski definition) is 2. The van der Waals surface area contributed by atoms with E-state index in [0.717, 1.165) is 36.6 Å². The Morgan fingerprint density at radius 2 is 2.00 bits per heavy atom. The van der Waals surface area contributed by atoms with Gasteiger partial charge in [0.05, 0.1) is 13.2 Å². The Balaban J connectivity index is 2.34. The second-order valence-corrected chi connectivity index (χ2v) is 4.24. The van der Waals surface area contributed by atoms with Gasteiger partial charge in [0.25, 0.3) is 0 Å². The molecule has 0 amide bonds. The van der Waals surface area contributed by atoms with Crippen molar-refractivity contribution in [3.8, 4) is 0 Å². The van der Waals surface area contributed by atoms with Gasteiger partial charge in [-0.25, -0.2) is 9.97 Å². The van der Waals surface area contributed by atoms with E-state index in [9.17, 15) is 0 Å². The average molecular weight is 268 g/mol. The smallest absolute Gasteiger partial charge is 0.134 e. The van der Waals surface area contributed by atoms with Crippen molar-refractivity contribution in [1.82, 2.24) is 9.97 Å². The Bertz CT molecular complexity index is 385. The fraction of sp³-hybridized carbons (Fsp3) is 0.692. The molecule has 6 nitrogen and oxygen atoms in total. The molecule has 0 saturated heterocycles. The fourth-order valence-corrected chi connectivity index (χ4v) is 1.54. The summed E-state index contributed by atoms with van der Waals surface area (Å²) in [5.74, 6) is 2.13. The van der Waals surface area contributed by atoms with Crippen molar-refractivity contribution < 1.29 is 9.47 Å². The minimum atomic E-state index is 0.547. The molecule has 0 spiro atoms. The lowest BCUT2D eigenvalue weighted by molar-refractivity contribution is 0.0705. The quantitative estimate of drug-likeness (QED) is 0.659. The van der Waals surface area contributed by atoms with Crippen molar-refractivity contribution in [3.05, 3.63) is 11.4 Å². The molecule has 1 rings (SSSR count). The molecule has 1 heterocycles. The van der Waals surface area contributed by atoms with Crippen LogP contribution in [0.25, 0.3) is 0 Å². The topological polar surface area (TPSA) is 82.3 Å². The molecular weight excluding hydrogens is 244 g/mol. The lowest BCUT2D eigenvalue weighted by Crippen LogP contribution is -2.12. The zero-order chi connectivity index (χ0) is 14.1. The van der Waals surface area contributed by atoms with Crippen LogP contribution in [0.5, 0.6) is 0 Å². The minimum absolute atomic E-state index is 0.547. The molecule has 0 fully saturated rings. The van der Waals surface area contributed by atoms with E-state index in [1.807, 2.05) is 13.8 Å².